The van der Waals surface area contributed by atoms with Crippen LogP contribution in [0.1, 0.15) is 5.56 Å². The van der Waals surface area contributed by atoms with Crippen molar-refractivity contribution in [1.82, 2.24) is 0 Å². The minimum Gasteiger partial charge on any atom is -0.381 e. The van der Waals surface area contributed by atoms with E-state index in [1.54, 1.807) is 23.5 Å². The van der Waals surface area contributed by atoms with E-state index in [-0.39, 0.29) is 5.82 Å². The fourth-order valence-corrected chi connectivity index (χ4v) is 2.42. The van der Waals surface area contributed by atoms with E-state index in [0.717, 1.165) is 16.0 Å². The summed E-state index contributed by atoms with van der Waals surface area (Å²) in [7, 11) is 0. The van der Waals surface area contributed by atoms with Crippen LogP contribution in [0.5, 0.6) is 0 Å². The molecule has 0 bridgehead atoms. The van der Waals surface area contributed by atoms with Gasteiger partial charge in [0.1, 0.15) is 5.82 Å². The van der Waals surface area contributed by atoms with Crippen molar-refractivity contribution in [3.63, 3.8) is 0 Å². The van der Waals surface area contributed by atoms with Gasteiger partial charge in [-0.1, -0.05) is 0 Å². The highest BCUT2D eigenvalue weighted by Crippen LogP contribution is 2.21. The van der Waals surface area contributed by atoms with E-state index in [1.165, 1.54) is 17.7 Å². The van der Waals surface area contributed by atoms with Gasteiger partial charge in [-0.2, -0.15) is 0 Å². The van der Waals surface area contributed by atoms with Crippen LogP contribution in [0.4, 0.5) is 10.1 Å². The Balaban J connectivity index is 1.96. The van der Waals surface area contributed by atoms with Crippen molar-refractivity contribution in [3.05, 3.63) is 50.9 Å². The van der Waals surface area contributed by atoms with Crippen molar-refractivity contribution in [1.29, 1.82) is 0 Å². The minimum absolute atomic E-state index is 0.209. The Kier molecular flexibility index (Phi) is 3.38. The molecule has 4 heteroatoms. The third kappa shape index (κ3) is 3.04. The molecule has 15 heavy (non-hydrogen) atoms. The van der Waals surface area contributed by atoms with E-state index >= 15 is 0 Å². The fraction of sp³-hybridized carbons (Fsp3) is 0.0909. The molecule has 1 heterocycles. The number of rotatable bonds is 3. The number of benzene rings is 1. The smallest absolute Gasteiger partial charge is 0.123 e. The Labute approximate surface area is 100 Å². The van der Waals surface area contributed by atoms with Gasteiger partial charge in [-0.15, -0.1) is 11.3 Å². The maximum Gasteiger partial charge on any atom is 0.123 e. The Morgan fingerprint density at radius 2 is 2.00 bits per heavy atom. The minimum atomic E-state index is -0.209. The normalized spacial score (nSPS) is 10.3. The van der Waals surface area contributed by atoms with Crippen molar-refractivity contribution in [2.24, 2.45) is 0 Å². The lowest BCUT2D eigenvalue weighted by molar-refractivity contribution is 0.628. The summed E-state index contributed by atoms with van der Waals surface area (Å²) in [5, 5.41) is 5.30. The Morgan fingerprint density at radius 1 is 1.27 bits per heavy atom. The van der Waals surface area contributed by atoms with Gasteiger partial charge in [0.25, 0.3) is 0 Å². The third-order valence-corrected chi connectivity index (χ3v) is 3.52. The van der Waals surface area contributed by atoms with Crippen LogP contribution in [0.2, 0.25) is 0 Å². The molecule has 0 saturated carbocycles. The fourth-order valence-electron chi connectivity index (χ4n) is 1.21. The summed E-state index contributed by atoms with van der Waals surface area (Å²) in [6.45, 7) is 0.758. The van der Waals surface area contributed by atoms with Crippen LogP contribution in [-0.4, -0.2) is 0 Å². The van der Waals surface area contributed by atoms with E-state index in [4.69, 9.17) is 0 Å². The largest absolute Gasteiger partial charge is 0.381 e. The van der Waals surface area contributed by atoms with Crippen LogP contribution in [0.15, 0.2) is 39.5 Å². The molecule has 1 aromatic carbocycles. The van der Waals surface area contributed by atoms with E-state index in [2.05, 4.69) is 32.7 Å². The van der Waals surface area contributed by atoms with Gasteiger partial charge >= 0.3 is 0 Å². The molecule has 0 radical (unpaired) electrons. The van der Waals surface area contributed by atoms with Crippen LogP contribution in [-0.2, 0) is 6.54 Å². The molecule has 0 saturated heterocycles. The average molecular weight is 286 g/mol. The summed E-state index contributed by atoms with van der Waals surface area (Å²) in [6, 6.07) is 8.44. The zero-order valence-corrected chi connectivity index (χ0v) is 10.2. The molecule has 2 aromatic rings. The predicted octanol–water partition coefficient (Wildman–Crippen LogP) is 4.26. The van der Waals surface area contributed by atoms with Crippen LogP contribution in [0.3, 0.4) is 0 Å². The number of nitrogens with one attached hydrogen (secondary N) is 1. The lowest BCUT2D eigenvalue weighted by atomic mass is 10.3. The Bertz CT molecular complexity index is 438. The molecule has 1 nitrogen and oxygen atoms in total. The van der Waals surface area contributed by atoms with Crippen molar-refractivity contribution in [2.45, 2.75) is 6.54 Å². The number of anilines is 1. The Hall–Kier alpha value is -0.870. The van der Waals surface area contributed by atoms with Gasteiger partial charge in [0.2, 0.25) is 0 Å². The monoisotopic (exact) mass is 285 g/mol. The molecule has 0 unspecified atom stereocenters. The lowest BCUT2D eigenvalue weighted by Crippen LogP contribution is -1.97. The highest BCUT2D eigenvalue weighted by Gasteiger charge is 1.97. The van der Waals surface area contributed by atoms with Crippen molar-refractivity contribution in [3.8, 4) is 0 Å². The standard InChI is InChI=1S/C11H9BrFNS/c12-11-5-8(7-15-11)6-14-10-3-1-9(13)2-4-10/h1-5,7,14H,6H2. The molecule has 0 aliphatic heterocycles. The van der Waals surface area contributed by atoms with Gasteiger partial charge in [0, 0.05) is 12.2 Å². The second-order valence-electron chi connectivity index (χ2n) is 3.12. The van der Waals surface area contributed by atoms with Crippen molar-refractivity contribution < 1.29 is 4.39 Å². The second-order valence-corrected chi connectivity index (χ2v) is 5.41. The first-order valence-electron chi connectivity index (χ1n) is 4.46. The van der Waals surface area contributed by atoms with E-state index < -0.39 is 0 Å². The molecule has 0 aliphatic carbocycles. The summed E-state index contributed by atoms with van der Waals surface area (Å²) in [6.07, 6.45) is 0. The zero-order chi connectivity index (χ0) is 10.7. The average Bonchev–Trinajstić information content (AvgIpc) is 2.64. The van der Waals surface area contributed by atoms with E-state index in [1.807, 2.05) is 0 Å². The maximum absolute atomic E-state index is 12.6. The summed E-state index contributed by atoms with van der Waals surface area (Å²) in [5.74, 6) is -0.209. The number of halogens is 2. The van der Waals surface area contributed by atoms with Gasteiger partial charge in [-0.25, -0.2) is 4.39 Å². The predicted molar refractivity (Wildman–Crippen MR) is 65.7 cm³/mol. The van der Waals surface area contributed by atoms with Gasteiger partial charge in [0.15, 0.2) is 0 Å². The first kappa shape index (κ1) is 10.6. The molecule has 1 N–H and O–H groups in total. The summed E-state index contributed by atoms with van der Waals surface area (Å²) in [4.78, 5) is 0. The molecule has 0 spiro atoms. The maximum atomic E-state index is 12.6. The first-order chi connectivity index (χ1) is 7.24. The molecule has 0 atom stereocenters. The first-order valence-corrected chi connectivity index (χ1v) is 6.13. The van der Waals surface area contributed by atoms with E-state index in [0.29, 0.717) is 0 Å². The van der Waals surface area contributed by atoms with Crippen LogP contribution >= 0.6 is 27.3 Å². The van der Waals surface area contributed by atoms with Crippen molar-refractivity contribution in [2.75, 3.05) is 5.32 Å². The second kappa shape index (κ2) is 4.77. The summed E-state index contributed by atoms with van der Waals surface area (Å²) >= 11 is 5.07. The van der Waals surface area contributed by atoms with Crippen molar-refractivity contribution >= 4 is 33.0 Å². The van der Waals surface area contributed by atoms with Crippen LogP contribution in [0, 0.1) is 5.82 Å². The molecular weight excluding hydrogens is 277 g/mol. The summed E-state index contributed by atoms with van der Waals surface area (Å²) < 4.78 is 13.7. The van der Waals surface area contributed by atoms with Crippen LogP contribution in [0.25, 0.3) is 0 Å². The SMILES string of the molecule is Fc1ccc(NCc2csc(Br)c2)cc1. The van der Waals surface area contributed by atoms with Gasteiger partial charge in [-0.3, -0.25) is 0 Å². The molecule has 2 rings (SSSR count). The molecule has 0 fully saturated rings. The number of hydrogen-bond donors (Lipinski definition) is 1. The zero-order valence-electron chi connectivity index (χ0n) is 7.84. The molecule has 1 aromatic heterocycles. The Morgan fingerprint density at radius 3 is 2.60 bits per heavy atom. The van der Waals surface area contributed by atoms with Gasteiger partial charge < -0.3 is 5.32 Å². The quantitative estimate of drug-likeness (QED) is 0.888. The van der Waals surface area contributed by atoms with Gasteiger partial charge in [0.05, 0.1) is 3.79 Å². The molecule has 78 valence electrons. The van der Waals surface area contributed by atoms with Crippen LogP contribution < -0.4 is 5.32 Å². The van der Waals surface area contributed by atoms with E-state index in [9.17, 15) is 4.39 Å². The lowest BCUT2D eigenvalue weighted by Gasteiger charge is -2.03. The topological polar surface area (TPSA) is 12.0 Å². The molecule has 0 amide bonds. The molecular formula is C11H9BrFNS. The highest BCUT2D eigenvalue weighted by atomic mass is 79.9. The number of hydrogen-bond acceptors (Lipinski definition) is 2. The highest BCUT2D eigenvalue weighted by molar-refractivity contribution is 9.11. The third-order valence-electron chi connectivity index (χ3n) is 1.96. The number of thiophene rings is 1. The van der Waals surface area contributed by atoms with Gasteiger partial charge in [-0.05, 0) is 57.2 Å². The summed E-state index contributed by atoms with van der Waals surface area (Å²) in [5.41, 5.74) is 2.15. The molecule has 0 aliphatic rings.